The van der Waals surface area contributed by atoms with Gasteiger partial charge in [0.25, 0.3) is 5.91 Å². The van der Waals surface area contributed by atoms with Gasteiger partial charge in [0.2, 0.25) is 0 Å². The van der Waals surface area contributed by atoms with Gasteiger partial charge in [-0.15, -0.1) is 15.3 Å². The Kier molecular flexibility index (Phi) is 4.60. The van der Waals surface area contributed by atoms with Gasteiger partial charge in [-0.1, -0.05) is 20.8 Å². The molecular formula is C17H21N7O. The van der Waals surface area contributed by atoms with E-state index in [4.69, 9.17) is 0 Å². The van der Waals surface area contributed by atoms with E-state index < -0.39 is 0 Å². The Morgan fingerprint density at radius 1 is 1.16 bits per heavy atom. The van der Waals surface area contributed by atoms with E-state index in [1.165, 1.54) is 6.20 Å². The smallest absolute Gasteiger partial charge is 0.252 e. The van der Waals surface area contributed by atoms with Gasteiger partial charge in [-0.3, -0.25) is 9.78 Å². The lowest BCUT2D eigenvalue weighted by atomic mass is 9.96. The lowest BCUT2D eigenvalue weighted by Gasteiger charge is -2.15. The zero-order valence-electron chi connectivity index (χ0n) is 14.5. The molecule has 0 spiro atoms. The number of pyridine rings is 1. The summed E-state index contributed by atoms with van der Waals surface area (Å²) in [6, 6.07) is 7.18. The van der Waals surface area contributed by atoms with Gasteiger partial charge in [-0.2, -0.15) is 4.52 Å². The minimum atomic E-state index is -0.150. The van der Waals surface area contributed by atoms with Crippen LogP contribution in [-0.2, 0) is 5.41 Å². The minimum Gasteiger partial charge on any atom is -0.367 e. The third kappa shape index (κ3) is 3.90. The second kappa shape index (κ2) is 6.84. The number of aromatic nitrogens is 5. The number of carbonyl (C=O) groups is 1. The average molecular weight is 339 g/mol. The molecule has 0 atom stereocenters. The van der Waals surface area contributed by atoms with Gasteiger partial charge in [0.05, 0.1) is 5.56 Å². The summed E-state index contributed by atoms with van der Waals surface area (Å²) in [6.45, 7) is 7.23. The van der Waals surface area contributed by atoms with Crippen molar-refractivity contribution in [3.63, 3.8) is 0 Å². The van der Waals surface area contributed by atoms with Crippen LogP contribution in [0, 0.1) is 0 Å². The first-order valence-electron chi connectivity index (χ1n) is 8.10. The van der Waals surface area contributed by atoms with Crippen molar-refractivity contribution in [2.75, 3.05) is 18.4 Å². The first-order valence-corrected chi connectivity index (χ1v) is 8.10. The molecule has 0 aromatic carbocycles. The Labute approximate surface area is 145 Å². The van der Waals surface area contributed by atoms with E-state index in [1.54, 1.807) is 22.8 Å². The summed E-state index contributed by atoms with van der Waals surface area (Å²) >= 11 is 0. The van der Waals surface area contributed by atoms with Crippen LogP contribution in [-0.4, -0.2) is 43.8 Å². The number of amides is 1. The maximum atomic E-state index is 11.9. The predicted octanol–water partition coefficient (Wildman–Crippen LogP) is 1.66. The van der Waals surface area contributed by atoms with Crippen molar-refractivity contribution in [2.45, 2.75) is 26.2 Å². The van der Waals surface area contributed by atoms with Crippen LogP contribution >= 0.6 is 0 Å². The number of fused-ring (bicyclic) bond motifs is 1. The van der Waals surface area contributed by atoms with Crippen LogP contribution in [0.2, 0.25) is 0 Å². The summed E-state index contributed by atoms with van der Waals surface area (Å²) in [4.78, 5) is 15.9. The fourth-order valence-electron chi connectivity index (χ4n) is 2.32. The van der Waals surface area contributed by atoms with Gasteiger partial charge in [0.15, 0.2) is 11.5 Å². The highest BCUT2D eigenvalue weighted by molar-refractivity contribution is 5.93. The molecule has 0 bridgehead atoms. The Morgan fingerprint density at radius 2 is 2.00 bits per heavy atom. The molecule has 0 aliphatic rings. The van der Waals surface area contributed by atoms with E-state index in [2.05, 4.69) is 51.7 Å². The number of hydrogen-bond donors (Lipinski definition) is 2. The molecule has 130 valence electrons. The highest BCUT2D eigenvalue weighted by Crippen LogP contribution is 2.20. The minimum absolute atomic E-state index is 0.146. The normalized spacial score (nSPS) is 11.5. The van der Waals surface area contributed by atoms with Crippen LogP contribution in [0.3, 0.4) is 0 Å². The van der Waals surface area contributed by atoms with E-state index >= 15 is 0 Å². The second-order valence-electron chi connectivity index (χ2n) is 6.69. The van der Waals surface area contributed by atoms with Crippen LogP contribution in [0.5, 0.6) is 0 Å². The summed E-state index contributed by atoms with van der Waals surface area (Å²) < 4.78 is 1.75. The van der Waals surface area contributed by atoms with Crippen molar-refractivity contribution in [1.29, 1.82) is 0 Å². The lowest BCUT2D eigenvalue weighted by Crippen LogP contribution is -2.29. The van der Waals surface area contributed by atoms with Crippen molar-refractivity contribution < 1.29 is 4.79 Å². The predicted molar refractivity (Wildman–Crippen MR) is 94.5 cm³/mol. The van der Waals surface area contributed by atoms with Gasteiger partial charge in [-0.05, 0) is 24.3 Å². The number of carbonyl (C=O) groups excluding carboxylic acids is 1. The fraction of sp³-hybridized carbons (Fsp3) is 0.353. The third-order valence-electron chi connectivity index (χ3n) is 3.57. The van der Waals surface area contributed by atoms with Gasteiger partial charge < -0.3 is 10.6 Å². The molecule has 0 radical (unpaired) electrons. The molecule has 2 N–H and O–H groups in total. The zero-order valence-corrected chi connectivity index (χ0v) is 14.5. The molecule has 1 amide bonds. The fourth-order valence-corrected chi connectivity index (χ4v) is 2.32. The maximum Gasteiger partial charge on any atom is 0.252 e. The van der Waals surface area contributed by atoms with Crippen molar-refractivity contribution in [1.82, 2.24) is 30.1 Å². The Bertz CT molecular complexity index is 868. The molecule has 0 aliphatic heterocycles. The summed E-state index contributed by atoms with van der Waals surface area (Å²) in [5, 5.41) is 18.9. The molecule has 25 heavy (non-hydrogen) atoms. The molecule has 0 saturated carbocycles. The molecule has 0 saturated heterocycles. The summed E-state index contributed by atoms with van der Waals surface area (Å²) in [5.41, 5.74) is 1.10. The third-order valence-corrected chi connectivity index (χ3v) is 3.57. The van der Waals surface area contributed by atoms with Crippen LogP contribution < -0.4 is 10.6 Å². The van der Waals surface area contributed by atoms with Gasteiger partial charge >= 0.3 is 0 Å². The first-order chi connectivity index (χ1) is 11.9. The number of rotatable bonds is 5. The van der Waals surface area contributed by atoms with E-state index in [1.807, 2.05) is 12.1 Å². The van der Waals surface area contributed by atoms with Crippen LogP contribution in [0.1, 0.15) is 37.0 Å². The van der Waals surface area contributed by atoms with E-state index in [0.717, 1.165) is 5.82 Å². The number of nitrogens with one attached hydrogen (secondary N) is 2. The summed E-state index contributed by atoms with van der Waals surface area (Å²) in [7, 11) is 0. The summed E-state index contributed by atoms with van der Waals surface area (Å²) in [5.74, 6) is 1.36. The molecule has 3 aromatic rings. The number of nitrogens with zero attached hydrogens (tertiary/aromatic N) is 5. The SMILES string of the molecule is CC(C)(C)c1nnc2ccc(NCCNC(=O)c3cccnc3)nn12. The molecule has 8 nitrogen and oxygen atoms in total. The molecule has 8 heteroatoms. The Morgan fingerprint density at radius 3 is 2.72 bits per heavy atom. The number of anilines is 1. The van der Waals surface area contributed by atoms with Gasteiger partial charge in [0.1, 0.15) is 5.82 Å². The van der Waals surface area contributed by atoms with Crippen molar-refractivity contribution in [3.05, 3.63) is 48.0 Å². The van der Waals surface area contributed by atoms with Crippen LogP contribution in [0.25, 0.3) is 5.65 Å². The molecule has 0 fully saturated rings. The highest BCUT2D eigenvalue weighted by Gasteiger charge is 2.21. The van der Waals surface area contributed by atoms with Crippen molar-refractivity contribution in [3.8, 4) is 0 Å². The van der Waals surface area contributed by atoms with Crippen molar-refractivity contribution >= 4 is 17.4 Å². The first kappa shape index (κ1) is 16.8. The van der Waals surface area contributed by atoms with Gasteiger partial charge in [0, 0.05) is 30.9 Å². The van der Waals surface area contributed by atoms with Crippen LogP contribution in [0.15, 0.2) is 36.7 Å². The maximum absolute atomic E-state index is 11.9. The highest BCUT2D eigenvalue weighted by atomic mass is 16.1. The second-order valence-corrected chi connectivity index (χ2v) is 6.69. The van der Waals surface area contributed by atoms with E-state index in [-0.39, 0.29) is 11.3 Å². The standard InChI is InChI=1S/C17H21N7O/c1-17(2,3)16-22-21-14-7-6-13(23-24(14)16)19-9-10-20-15(25)12-5-4-8-18-11-12/h4-8,11H,9-10H2,1-3H3,(H,19,23)(H,20,25). The summed E-state index contributed by atoms with van der Waals surface area (Å²) in [6.07, 6.45) is 3.18. The molecule has 0 unspecified atom stereocenters. The molecule has 0 aliphatic carbocycles. The van der Waals surface area contributed by atoms with E-state index in [9.17, 15) is 4.79 Å². The average Bonchev–Trinajstić information content (AvgIpc) is 3.03. The quantitative estimate of drug-likeness (QED) is 0.686. The Balaban J connectivity index is 1.59. The molecular weight excluding hydrogens is 318 g/mol. The topological polar surface area (TPSA) is 97.1 Å². The molecule has 3 aromatic heterocycles. The van der Waals surface area contributed by atoms with Crippen molar-refractivity contribution in [2.24, 2.45) is 0 Å². The molecule has 3 rings (SSSR count). The van der Waals surface area contributed by atoms with Crippen LogP contribution in [0.4, 0.5) is 5.82 Å². The Hall–Kier alpha value is -3.03. The van der Waals surface area contributed by atoms with Gasteiger partial charge in [-0.25, -0.2) is 0 Å². The van der Waals surface area contributed by atoms with E-state index in [0.29, 0.717) is 30.1 Å². The monoisotopic (exact) mass is 339 g/mol. The lowest BCUT2D eigenvalue weighted by molar-refractivity contribution is 0.0955. The number of hydrogen-bond acceptors (Lipinski definition) is 6. The zero-order chi connectivity index (χ0) is 17.9. The molecule has 3 heterocycles. The largest absolute Gasteiger partial charge is 0.367 e.